The summed E-state index contributed by atoms with van der Waals surface area (Å²) in [6, 6.07) is 1.72. The van der Waals surface area contributed by atoms with Crippen LogP contribution < -0.4 is 15.5 Å². The van der Waals surface area contributed by atoms with Crippen LogP contribution in [0.15, 0.2) is 12.3 Å². The number of piperidine rings is 1. The molecule has 3 rings (SSSR count). The molecule has 2 aromatic heterocycles. The SMILES string of the molecule is CC(C)c1cnn2c(NC(=O)O)cc(N3CCC(NC(=O)OC(C)(C)C)CC3)nc12. The van der Waals surface area contributed by atoms with Crippen molar-refractivity contribution in [1.29, 1.82) is 0 Å². The minimum atomic E-state index is -1.16. The summed E-state index contributed by atoms with van der Waals surface area (Å²) in [6.07, 6.45) is 1.64. The number of nitrogens with one attached hydrogen (secondary N) is 2. The lowest BCUT2D eigenvalue weighted by Crippen LogP contribution is -2.46. The van der Waals surface area contributed by atoms with Gasteiger partial charge in [-0.2, -0.15) is 9.61 Å². The minimum Gasteiger partial charge on any atom is -0.465 e. The third-order valence-corrected chi connectivity index (χ3v) is 4.88. The van der Waals surface area contributed by atoms with E-state index in [-0.39, 0.29) is 12.0 Å². The van der Waals surface area contributed by atoms with Gasteiger partial charge in [0.1, 0.15) is 17.2 Å². The fourth-order valence-corrected chi connectivity index (χ4v) is 3.46. The van der Waals surface area contributed by atoms with E-state index in [1.54, 1.807) is 12.3 Å². The Balaban J connectivity index is 1.76. The van der Waals surface area contributed by atoms with Crippen LogP contribution in [0.3, 0.4) is 0 Å². The van der Waals surface area contributed by atoms with Crippen molar-refractivity contribution in [1.82, 2.24) is 19.9 Å². The van der Waals surface area contributed by atoms with Crippen LogP contribution in [0.5, 0.6) is 0 Å². The number of ether oxygens (including phenoxy) is 1. The molecule has 10 heteroatoms. The highest BCUT2D eigenvalue weighted by Crippen LogP contribution is 2.27. The van der Waals surface area contributed by atoms with E-state index in [1.165, 1.54) is 4.52 Å². The summed E-state index contributed by atoms with van der Waals surface area (Å²) in [5.74, 6) is 1.24. The first kappa shape index (κ1) is 21.7. The second kappa shape index (κ2) is 8.37. The molecule has 1 fully saturated rings. The zero-order chi connectivity index (χ0) is 22.1. The van der Waals surface area contributed by atoms with E-state index in [4.69, 9.17) is 9.72 Å². The van der Waals surface area contributed by atoms with Crippen LogP contribution in [0, 0.1) is 0 Å². The molecular formula is C20H30N6O4. The first-order valence-corrected chi connectivity index (χ1v) is 10.2. The van der Waals surface area contributed by atoms with Gasteiger partial charge in [-0.15, -0.1) is 0 Å². The molecule has 0 radical (unpaired) electrons. The van der Waals surface area contributed by atoms with E-state index in [1.807, 2.05) is 34.6 Å². The molecule has 30 heavy (non-hydrogen) atoms. The molecule has 1 aliphatic rings. The molecule has 3 N–H and O–H groups in total. The van der Waals surface area contributed by atoms with Crippen molar-refractivity contribution >= 4 is 29.5 Å². The summed E-state index contributed by atoms with van der Waals surface area (Å²) in [6.45, 7) is 11.0. The first-order valence-electron chi connectivity index (χ1n) is 10.2. The van der Waals surface area contributed by atoms with E-state index < -0.39 is 17.8 Å². The number of aromatic nitrogens is 3. The monoisotopic (exact) mass is 418 g/mol. The van der Waals surface area contributed by atoms with E-state index in [0.717, 1.165) is 18.4 Å². The van der Waals surface area contributed by atoms with E-state index in [2.05, 4.69) is 20.6 Å². The number of hydrogen-bond acceptors (Lipinski definition) is 6. The van der Waals surface area contributed by atoms with E-state index in [9.17, 15) is 14.7 Å². The number of nitrogens with zero attached hydrogens (tertiary/aromatic N) is 4. The third-order valence-electron chi connectivity index (χ3n) is 4.88. The number of fused-ring (bicyclic) bond motifs is 1. The van der Waals surface area contributed by atoms with Crippen LogP contribution in [0.1, 0.15) is 58.9 Å². The molecule has 0 atom stereocenters. The molecule has 0 bridgehead atoms. The zero-order valence-corrected chi connectivity index (χ0v) is 18.1. The van der Waals surface area contributed by atoms with E-state index >= 15 is 0 Å². The number of hydrogen-bond donors (Lipinski definition) is 3. The van der Waals surface area contributed by atoms with Gasteiger partial charge in [0.25, 0.3) is 0 Å². The Morgan fingerprint density at radius 2 is 1.93 bits per heavy atom. The summed E-state index contributed by atoms with van der Waals surface area (Å²) in [7, 11) is 0. The summed E-state index contributed by atoms with van der Waals surface area (Å²) in [5.41, 5.74) is 1.06. The molecule has 3 heterocycles. The van der Waals surface area contributed by atoms with Crippen LogP contribution in [-0.4, -0.2) is 56.6 Å². The number of carboxylic acid groups (broad SMARTS) is 1. The van der Waals surface area contributed by atoms with Crippen molar-refractivity contribution in [3.63, 3.8) is 0 Å². The van der Waals surface area contributed by atoms with Crippen molar-refractivity contribution in [3.8, 4) is 0 Å². The molecule has 0 aliphatic carbocycles. The highest BCUT2D eigenvalue weighted by atomic mass is 16.6. The van der Waals surface area contributed by atoms with Gasteiger partial charge in [-0.25, -0.2) is 14.6 Å². The van der Waals surface area contributed by atoms with Gasteiger partial charge in [-0.3, -0.25) is 5.32 Å². The lowest BCUT2D eigenvalue weighted by atomic mass is 10.1. The smallest absolute Gasteiger partial charge is 0.410 e. The maximum Gasteiger partial charge on any atom is 0.410 e. The number of carbonyl (C=O) groups is 2. The first-order chi connectivity index (χ1) is 14.0. The normalized spacial score (nSPS) is 15.5. The standard InChI is InChI=1S/C20H30N6O4/c1-12(2)14-11-21-26-16(24-18(27)28)10-15(23-17(14)26)25-8-6-13(7-9-25)22-19(29)30-20(3,4)5/h10-13,24H,6-9H2,1-5H3,(H,22,29)(H,27,28). The molecule has 0 saturated carbocycles. The van der Waals surface area contributed by atoms with E-state index in [0.29, 0.717) is 30.4 Å². The summed E-state index contributed by atoms with van der Waals surface area (Å²) in [4.78, 5) is 30.1. The summed E-state index contributed by atoms with van der Waals surface area (Å²) >= 11 is 0. The molecule has 2 aromatic rings. The molecule has 1 saturated heterocycles. The Morgan fingerprint density at radius 1 is 1.27 bits per heavy atom. The predicted octanol–water partition coefficient (Wildman–Crippen LogP) is 3.44. The van der Waals surface area contributed by atoms with Gasteiger partial charge < -0.3 is 20.1 Å². The van der Waals surface area contributed by atoms with Crippen molar-refractivity contribution in [2.24, 2.45) is 0 Å². The van der Waals surface area contributed by atoms with Gasteiger partial charge in [-0.1, -0.05) is 13.8 Å². The number of amides is 2. The molecule has 2 amide bonds. The molecule has 10 nitrogen and oxygen atoms in total. The molecular weight excluding hydrogens is 388 g/mol. The molecule has 0 aromatic carbocycles. The highest BCUT2D eigenvalue weighted by molar-refractivity contribution is 5.83. The van der Waals surface area contributed by atoms with Crippen LogP contribution >= 0.6 is 0 Å². The van der Waals surface area contributed by atoms with Crippen LogP contribution in [0.25, 0.3) is 5.65 Å². The second-order valence-corrected chi connectivity index (χ2v) is 8.83. The van der Waals surface area contributed by atoms with Crippen LogP contribution in [-0.2, 0) is 4.74 Å². The largest absolute Gasteiger partial charge is 0.465 e. The van der Waals surface area contributed by atoms with Gasteiger partial charge in [0.2, 0.25) is 0 Å². The Labute approximate surface area is 175 Å². The lowest BCUT2D eigenvalue weighted by Gasteiger charge is -2.33. The van der Waals surface area contributed by atoms with Crippen molar-refractivity contribution in [2.75, 3.05) is 23.3 Å². The van der Waals surface area contributed by atoms with Gasteiger partial charge in [-0.05, 0) is 39.5 Å². The van der Waals surface area contributed by atoms with Gasteiger partial charge in [0, 0.05) is 30.8 Å². The maximum atomic E-state index is 12.0. The number of anilines is 2. The van der Waals surface area contributed by atoms with Gasteiger partial charge in [0.15, 0.2) is 5.65 Å². The second-order valence-electron chi connectivity index (χ2n) is 8.83. The predicted molar refractivity (Wildman–Crippen MR) is 113 cm³/mol. The molecule has 0 unspecified atom stereocenters. The molecule has 0 spiro atoms. The number of carbonyl (C=O) groups excluding carboxylic acids is 1. The Bertz CT molecular complexity index is 925. The van der Waals surface area contributed by atoms with Gasteiger partial charge >= 0.3 is 12.2 Å². The maximum absolute atomic E-state index is 12.0. The van der Waals surface area contributed by atoms with Gasteiger partial charge in [0.05, 0.1) is 6.20 Å². The Morgan fingerprint density at radius 3 is 2.50 bits per heavy atom. The average molecular weight is 418 g/mol. The van der Waals surface area contributed by atoms with Crippen LogP contribution in [0.4, 0.5) is 21.2 Å². The topological polar surface area (TPSA) is 121 Å². The average Bonchev–Trinajstić information content (AvgIpc) is 3.04. The summed E-state index contributed by atoms with van der Waals surface area (Å²) in [5, 5.41) is 18.8. The quantitative estimate of drug-likeness (QED) is 0.695. The van der Waals surface area contributed by atoms with Crippen molar-refractivity contribution in [2.45, 2.75) is 65.0 Å². The zero-order valence-electron chi connectivity index (χ0n) is 18.1. The van der Waals surface area contributed by atoms with Crippen molar-refractivity contribution < 1.29 is 19.4 Å². The van der Waals surface area contributed by atoms with Crippen LogP contribution in [0.2, 0.25) is 0 Å². The fraction of sp³-hybridized carbons (Fsp3) is 0.600. The van der Waals surface area contributed by atoms with Crippen molar-refractivity contribution in [3.05, 3.63) is 17.8 Å². The number of alkyl carbamates (subject to hydrolysis) is 1. The molecule has 164 valence electrons. The minimum absolute atomic E-state index is 0.0256. The molecule has 1 aliphatic heterocycles. The lowest BCUT2D eigenvalue weighted by molar-refractivity contribution is 0.0497. The third kappa shape index (κ3) is 5.11. The Kier molecular flexibility index (Phi) is 6.04. The summed E-state index contributed by atoms with van der Waals surface area (Å²) < 4.78 is 6.85. The Hall–Kier alpha value is -3.04. The highest BCUT2D eigenvalue weighted by Gasteiger charge is 2.25. The number of rotatable bonds is 4. The fourth-order valence-electron chi connectivity index (χ4n) is 3.46.